The molecule has 0 atom stereocenters. The van der Waals surface area contributed by atoms with Gasteiger partial charge in [0.05, 0.1) is 16.0 Å². The molecule has 2 N–H and O–H groups in total. The number of aromatic nitrogens is 3. The third kappa shape index (κ3) is 3.83. The summed E-state index contributed by atoms with van der Waals surface area (Å²) in [6, 6.07) is 8.61. The van der Waals surface area contributed by atoms with Crippen LogP contribution in [0.15, 0.2) is 55.1 Å². The molecule has 2 aromatic heterocycles. The van der Waals surface area contributed by atoms with Crippen molar-refractivity contribution >= 4 is 44.2 Å². The van der Waals surface area contributed by atoms with Crippen molar-refractivity contribution in [3.8, 4) is 11.4 Å². The molecule has 13 heteroatoms. The van der Waals surface area contributed by atoms with Gasteiger partial charge < -0.3 is 9.84 Å². The van der Waals surface area contributed by atoms with E-state index in [0.717, 1.165) is 4.31 Å². The predicted octanol–water partition coefficient (Wildman–Crippen LogP) is 2.33. The van der Waals surface area contributed by atoms with E-state index in [9.17, 15) is 18.0 Å². The number of hydrogen-bond acceptors (Lipinski definition) is 8. The van der Waals surface area contributed by atoms with E-state index >= 15 is 0 Å². The topological polar surface area (TPSA) is 151 Å². The second kappa shape index (κ2) is 7.65. The van der Waals surface area contributed by atoms with Gasteiger partial charge in [0.25, 0.3) is 5.91 Å². The first-order valence-electron chi connectivity index (χ1n) is 8.66. The fourth-order valence-electron chi connectivity index (χ4n) is 2.80. The summed E-state index contributed by atoms with van der Waals surface area (Å²) in [5.41, 5.74) is 0.669. The van der Waals surface area contributed by atoms with Crippen molar-refractivity contribution in [3.63, 3.8) is 0 Å². The summed E-state index contributed by atoms with van der Waals surface area (Å²) in [7, 11) is -0.928. The second-order valence-electron chi connectivity index (χ2n) is 6.56. The SMILES string of the molecule is CN(C)S(=O)(=O)c1ccc2onc(C(=O)Nc3ccc(Cl)cc3-c3noc(=O)[nH]3)c2c1. The normalized spacial score (nSPS) is 11.9. The monoisotopic (exact) mass is 463 g/mol. The van der Waals surface area contributed by atoms with Gasteiger partial charge in [-0.15, -0.1) is 0 Å². The van der Waals surface area contributed by atoms with Crippen LogP contribution in [-0.2, 0) is 10.0 Å². The molecule has 0 saturated heterocycles. The van der Waals surface area contributed by atoms with Crippen LogP contribution in [0, 0.1) is 0 Å². The van der Waals surface area contributed by atoms with Crippen molar-refractivity contribution in [2.24, 2.45) is 0 Å². The maximum atomic E-state index is 12.9. The van der Waals surface area contributed by atoms with Crippen LogP contribution in [0.5, 0.6) is 0 Å². The Morgan fingerprint density at radius 2 is 1.90 bits per heavy atom. The zero-order chi connectivity index (χ0) is 22.3. The van der Waals surface area contributed by atoms with Gasteiger partial charge >= 0.3 is 5.76 Å². The number of carbonyl (C=O) groups excluding carboxylic acids is 1. The molecule has 0 spiro atoms. The highest BCUT2D eigenvalue weighted by Gasteiger charge is 2.23. The fourth-order valence-corrected chi connectivity index (χ4v) is 3.90. The molecule has 0 saturated carbocycles. The molecule has 2 heterocycles. The number of aromatic amines is 1. The Bertz CT molecular complexity index is 1470. The lowest BCUT2D eigenvalue weighted by atomic mass is 10.1. The minimum atomic E-state index is -3.73. The van der Waals surface area contributed by atoms with Crippen molar-refractivity contribution in [2.45, 2.75) is 4.90 Å². The number of fused-ring (bicyclic) bond motifs is 1. The molecule has 2 aromatic carbocycles. The molecule has 0 aliphatic carbocycles. The summed E-state index contributed by atoms with van der Waals surface area (Å²) in [6.07, 6.45) is 0. The molecular formula is C18H14ClN5O6S. The number of amides is 1. The first-order valence-corrected chi connectivity index (χ1v) is 10.5. The molecule has 160 valence electrons. The average Bonchev–Trinajstić information content (AvgIpc) is 3.34. The summed E-state index contributed by atoms with van der Waals surface area (Å²) in [6.45, 7) is 0. The molecule has 0 aliphatic heterocycles. The number of rotatable bonds is 5. The van der Waals surface area contributed by atoms with Crippen LogP contribution in [0.25, 0.3) is 22.4 Å². The summed E-state index contributed by atoms with van der Waals surface area (Å²) in [5, 5.41) is 10.6. The minimum Gasteiger partial charge on any atom is -0.355 e. The third-order valence-corrected chi connectivity index (χ3v) is 6.41. The highest BCUT2D eigenvalue weighted by molar-refractivity contribution is 7.89. The van der Waals surface area contributed by atoms with Crippen LogP contribution in [0.4, 0.5) is 5.69 Å². The van der Waals surface area contributed by atoms with Gasteiger partial charge in [0.2, 0.25) is 10.0 Å². The molecule has 4 aromatic rings. The van der Waals surface area contributed by atoms with Crippen LogP contribution in [0.1, 0.15) is 10.5 Å². The number of sulfonamides is 1. The van der Waals surface area contributed by atoms with E-state index in [2.05, 4.69) is 25.1 Å². The van der Waals surface area contributed by atoms with E-state index in [0.29, 0.717) is 10.6 Å². The molecule has 31 heavy (non-hydrogen) atoms. The lowest BCUT2D eigenvalue weighted by Crippen LogP contribution is -2.22. The molecule has 11 nitrogen and oxygen atoms in total. The van der Waals surface area contributed by atoms with Gasteiger partial charge in [-0.05, 0) is 36.4 Å². The van der Waals surface area contributed by atoms with E-state index < -0.39 is 21.7 Å². The smallest absolute Gasteiger partial charge is 0.355 e. The van der Waals surface area contributed by atoms with Gasteiger partial charge in [0, 0.05) is 24.7 Å². The number of halogens is 1. The maximum Gasteiger partial charge on any atom is 0.439 e. The zero-order valence-corrected chi connectivity index (χ0v) is 17.6. The van der Waals surface area contributed by atoms with E-state index in [1.165, 1.54) is 50.5 Å². The Morgan fingerprint density at radius 3 is 2.58 bits per heavy atom. The van der Waals surface area contributed by atoms with E-state index in [-0.39, 0.29) is 33.1 Å². The summed E-state index contributed by atoms with van der Waals surface area (Å²) < 4.78 is 35.6. The van der Waals surface area contributed by atoms with Crippen molar-refractivity contribution < 1.29 is 22.3 Å². The molecule has 1 amide bonds. The molecule has 0 bridgehead atoms. The van der Waals surface area contributed by atoms with E-state index in [4.69, 9.17) is 16.1 Å². The molecule has 0 fully saturated rings. The summed E-state index contributed by atoms with van der Waals surface area (Å²) in [5.74, 6) is -1.39. The van der Waals surface area contributed by atoms with Crippen LogP contribution >= 0.6 is 11.6 Å². The molecule has 4 rings (SSSR count). The lowest BCUT2D eigenvalue weighted by Gasteiger charge is -2.11. The first-order chi connectivity index (χ1) is 14.7. The average molecular weight is 464 g/mol. The Hall–Kier alpha value is -3.48. The Labute approximate surface area is 179 Å². The van der Waals surface area contributed by atoms with E-state index in [1.807, 2.05) is 0 Å². The summed E-state index contributed by atoms with van der Waals surface area (Å²) >= 11 is 6.02. The third-order valence-electron chi connectivity index (χ3n) is 4.36. The quantitative estimate of drug-likeness (QED) is 0.457. The number of carbonyl (C=O) groups is 1. The van der Waals surface area contributed by atoms with Crippen molar-refractivity contribution in [1.29, 1.82) is 0 Å². The van der Waals surface area contributed by atoms with E-state index in [1.54, 1.807) is 0 Å². The molecule has 0 unspecified atom stereocenters. The molecule has 0 radical (unpaired) electrons. The number of anilines is 1. The van der Waals surface area contributed by atoms with Gasteiger partial charge in [-0.25, -0.2) is 17.5 Å². The Kier molecular flexibility index (Phi) is 5.13. The number of nitrogens with zero attached hydrogens (tertiary/aromatic N) is 3. The summed E-state index contributed by atoms with van der Waals surface area (Å²) in [4.78, 5) is 26.6. The number of nitrogens with one attached hydrogen (secondary N) is 2. The van der Waals surface area contributed by atoms with Crippen LogP contribution in [0.2, 0.25) is 5.02 Å². The minimum absolute atomic E-state index is 0.0189. The number of hydrogen-bond donors (Lipinski definition) is 2. The van der Waals surface area contributed by atoms with Gasteiger partial charge in [0.15, 0.2) is 17.1 Å². The largest absolute Gasteiger partial charge is 0.439 e. The van der Waals surface area contributed by atoms with Crippen molar-refractivity contribution in [3.05, 3.63) is 57.7 Å². The van der Waals surface area contributed by atoms with Crippen LogP contribution in [0.3, 0.4) is 0 Å². The maximum absolute atomic E-state index is 12.9. The predicted molar refractivity (Wildman–Crippen MR) is 110 cm³/mol. The van der Waals surface area contributed by atoms with Gasteiger partial charge in [0.1, 0.15) is 0 Å². The fraction of sp³-hybridized carbons (Fsp3) is 0.111. The Morgan fingerprint density at radius 1 is 1.13 bits per heavy atom. The van der Waals surface area contributed by atoms with Crippen molar-refractivity contribution in [1.82, 2.24) is 19.6 Å². The standard InChI is InChI=1S/C18H14ClN5O6S/c1-24(2)31(27,28)10-4-6-14-12(8-10)15(22-29-14)17(25)20-13-5-3-9(19)7-11(13)16-21-18(26)30-23-16/h3-8H,1-2H3,(H,20,25)(H,21,23,26). The number of benzene rings is 2. The number of H-pyrrole nitrogens is 1. The first kappa shape index (κ1) is 20.8. The molecule has 0 aliphatic rings. The lowest BCUT2D eigenvalue weighted by molar-refractivity contribution is 0.102. The second-order valence-corrected chi connectivity index (χ2v) is 9.15. The zero-order valence-electron chi connectivity index (χ0n) is 16.0. The highest BCUT2D eigenvalue weighted by atomic mass is 35.5. The van der Waals surface area contributed by atoms with Gasteiger partial charge in [-0.1, -0.05) is 21.9 Å². The highest BCUT2D eigenvalue weighted by Crippen LogP contribution is 2.30. The Balaban J connectivity index is 1.74. The molecular weight excluding hydrogens is 450 g/mol. The van der Waals surface area contributed by atoms with Crippen LogP contribution in [-0.4, -0.2) is 48.0 Å². The van der Waals surface area contributed by atoms with Crippen LogP contribution < -0.4 is 11.1 Å². The van der Waals surface area contributed by atoms with Crippen molar-refractivity contribution in [2.75, 3.05) is 19.4 Å². The van der Waals surface area contributed by atoms with Gasteiger partial charge in [-0.3, -0.25) is 14.3 Å². The van der Waals surface area contributed by atoms with Gasteiger partial charge in [-0.2, -0.15) is 0 Å².